The Hall–Kier alpha value is -3.88. The van der Waals surface area contributed by atoms with Gasteiger partial charge in [-0.25, -0.2) is 9.97 Å². The van der Waals surface area contributed by atoms with E-state index < -0.39 is 0 Å². The van der Waals surface area contributed by atoms with Crippen LogP contribution in [0.25, 0.3) is 16.7 Å². The Kier molecular flexibility index (Phi) is 3.51. The van der Waals surface area contributed by atoms with Gasteiger partial charge in [-0.1, -0.05) is 23.4 Å². The first-order chi connectivity index (χ1) is 15.7. The summed E-state index contributed by atoms with van der Waals surface area (Å²) >= 11 is 0. The third-order valence-electron chi connectivity index (χ3n) is 6.88. The minimum Gasteiger partial charge on any atom is -0.337 e. The van der Waals surface area contributed by atoms with Gasteiger partial charge in [0.05, 0.1) is 12.9 Å². The Labute approximate surface area is 182 Å². The molecule has 0 saturated heterocycles. The van der Waals surface area contributed by atoms with Crippen LogP contribution in [0.15, 0.2) is 51.2 Å². The first-order valence-corrected chi connectivity index (χ1v) is 10.7. The predicted octanol–water partition coefficient (Wildman–Crippen LogP) is 2.31. The van der Waals surface area contributed by atoms with Crippen LogP contribution in [-0.4, -0.2) is 35.5 Å². The fourth-order valence-electron chi connectivity index (χ4n) is 5.12. The van der Waals surface area contributed by atoms with E-state index in [1.807, 2.05) is 6.21 Å². The zero-order valence-electron chi connectivity index (χ0n) is 17.3. The topological polar surface area (TPSA) is 104 Å². The molecule has 3 aromatic heterocycles. The number of benzene rings is 1. The van der Waals surface area contributed by atoms with Crippen molar-refractivity contribution in [2.45, 2.75) is 25.4 Å². The van der Waals surface area contributed by atoms with Gasteiger partial charge in [-0.05, 0) is 46.6 Å². The van der Waals surface area contributed by atoms with Gasteiger partial charge >= 0.3 is 0 Å². The largest absolute Gasteiger partial charge is 0.337 e. The summed E-state index contributed by atoms with van der Waals surface area (Å²) in [5.41, 5.74) is 5.93. The molecule has 0 radical (unpaired) electrons. The SMILES string of the molecule is Cn1cnc2ncn(Cc3nc(C4C5C=C(c6ccc7c(c6)C=NC7)CC54)no3)c(=O)c21. The van der Waals surface area contributed by atoms with Crippen molar-refractivity contribution in [1.82, 2.24) is 29.2 Å². The molecular formula is C23H19N7O2. The summed E-state index contributed by atoms with van der Waals surface area (Å²) in [6, 6.07) is 6.64. The number of rotatable bonds is 4. The summed E-state index contributed by atoms with van der Waals surface area (Å²) in [5.74, 6) is 2.41. The van der Waals surface area contributed by atoms with Gasteiger partial charge in [-0.3, -0.25) is 14.4 Å². The van der Waals surface area contributed by atoms with E-state index in [0.29, 0.717) is 34.8 Å². The quantitative estimate of drug-likeness (QED) is 0.497. The van der Waals surface area contributed by atoms with Gasteiger partial charge in [0.2, 0.25) is 5.89 Å². The van der Waals surface area contributed by atoms with Crippen molar-refractivity contribution in [3.8, 4) is 0 Å². The van der Waals surface area contributed by atoms with Crippen LogP contribution in [0.1, 0.15) is 40.7 Å². The Morgan fingerprint density at radius 1 is 1.22 bits per heavy atom. The minimum absolute atomic E-state index is 0.176. The number of hydrogen-bond donors (Lipinski definition) is 0. The highest BCUT2D eigenvalue weighted by Gasteiger charge is 2.55. The molecule has 9 nitrogen and oxygen atoms in total. The van der Waals surface area contributed by atoms with Crippen molar-refractivity contribution >= 4 is 23.0 Å². The number of aliphatic imine (C=N–C) groups is 1. The number of aryl methyl sites for hydroxylation is 1. The molecule has 0 amide bonds. The van der Waals surface area contributed by atoms with E-state index in [0.717, 1.165) is 18.8 Å². The van der Waals surface area contributed by atoms with Gasteiger partial charge in [-0.2, -0.15) is 4.98 Å². The van der Waals surface area contributed by atoms with Gasteiger partial charge in [0.1, 0.15) is 12.9 Å². The molecule has 9 heteroatoms. The summed E-state index contributed by atoms with van der Waals surface area (Å²) in [6.07, 6.45) is 8.41. The molecule has 1 saturated carbocycles. The molecule has 1 fully saturated rings. The van der Waals surface area contributed by atoms with Crippen LogP contribution < -0.4 is 5.56 Å². The van der Waals surface area contributed by atoms with E-state index in [9.17, 15) is 4.79 Å². The second-order valence-corrected chi connectivity index (χ2v) is 8.80. The maximum absolute atomic E-state index is 12.7. The molecule has 2 aliphatic carbocycles. The molecule has 3 aliphatic rings. The molecule has 4 heterocycles. The summed E-state index contributed by atoms with van der Waals surface area (Å²) in [7, 11) is 1.78. The first kappa shape index (κ1) is 17.8. The second-order valence-electron chi connectivity index (χ2n) is 8.80. The zero-order valence-corrected chi connectivity index (χ0v) is 17.3. The van der Waals surface area contributed by atoms with Crippen molar-refractivity contribution in [3.05, 3.63) is 75.7 Å². The first-order valence-electron chi connectivity index (χ1n) is 10.7. The Balaban J connectivity index is 1.10. The maximum Gasteiger partial charge on any atom is 0.280 e. The molecule has 0 N–H and O–H groups in total. The van der Waals surface area contributed by atoms with Crippen LogP contribution in [0.5, 0.6) is 0 Å². The number of allylic oxidation sites excluding steroid dienone is 2. The lowest BCUT2D eigenvalue weighted by Gasteiger charge is -2.07. The standard InChI is InChI=1S/C23H19N7O2/c1-29-10-25-22-20(29)23(31)30(11-26-22)9-18-27-21(28-32-18)19-16-5-14(6-17(16)19)12-2-3-13-7-24-8-15(13)4-12/h2-5,8,10-11,16-17,19H,6-7,9H2,1H3. The molecule has 0 bridgehead atoms. The maximum atomic E-state index is 12.7. The van der Waals surface area contributed by atoms with Crippen LogP contribution in [-0.2, 0) is 20.1 Å². The van der Waals surface area contributed by atoms with E-state index >= 15 is 0 Å². The lowest BCUT2D eigenvalue weighted by atomic mass is 9.97. The summed E-state index contributed by atoms with van der Waals surface area (Å²) in [4.78, 5) is 30.0. The van der Waals surface area contributed by atoms with E-state index in [2.05, 4.69) is 49.4 Å². The molecule has 1 aromatic carbocycles. The second kappa shape index (κ2) is 6.32. The average Bonchev–Trinajstić information content (AvgIpc) is 3.38. The fraction of sp³-hybridized carbons (Fsp3) is 0.304. The summed E-state index contributed by atoms with van der Waals surface area (Å²) in [6.45, 7) is 0.986. The van der Waals surface area contributed by atoms with Crippen molar-refractivity contribution in [1.29, 1.82) is 0 Å². The molecule has 3 unspecified atom stereocenters. The molecule has 4 aromatic rings. The molecule has 158 valence electrons. The van der Waals surface area contributed by atoms with Crippen molar-refractivity contribution in [2.24, 2.45) is 23.9 Å². The van der Waals surface area contributed by atoms with Crippen LogP contribution in [0.3, 0.4) is 0 Å². The smallest absolute Gasteiger partial charge is 0.280 e. The Morgan fingerprint density at radius 3 is 3.00 bits per heavy atom. The van der Waals surface area contributed by atoms with Gasteiger partial charge in [0.15, 0.2) is 17.0 Å². The van der Waals surface area contributed by atoms with E-state index in [4.69, 9.17) is 4.52 Å². The van der Waals surface area contributed by atoms with Crippen LogP contribution in [0.4, 0.5) is 0 Å². The van der Waals surface area contributed by atoms with Crippen LogP contribution in [0, 0.1) is 11.8 Å². The Bertz CT molecular complexity index is 1520. The van der Waals surface area contributed by atoms with Gasteiger partial charge in [0.25, 0.3) is 5.56 Å². The monoisotopic (exact) mass is 425 g/mol. The third-order valence-corrected chi connectivity index (χ3v) is 6.88. The highest BCUT2D eigenvalue weighted by molar-refractivity contribution is 5.86. The van der Waals surface area contributed by atoms with Gasteiger partial charge < -0.3 is 9.09 Å². The number of aromatic nitrogens is 6. The van der Waals surface area contributed by atoms with E-state index in [-0.39, 0.29) is 12.1 Å². The zero-order chi connectivity index (χ0) is 21.4. The summed E-state index contributed by atoms with van der Waals surface area (Å²) in [5, 5.41) is 4.22. The van der Waals surface area contributed by atoms with Gasteiger partial charge in [0, 0.05) is 19.2 Å². The van der Waals surface area contributed by atoms with Crippen molar-refractivity contribution in [2.75, 3.05) is 0 Å². The van der Waals surface area contributed by atoms with Crippen molar-refractivity contribution in [3.63, 3.8) is 0 Å². The summed E-state index contributed by atoms with van der Waals surface area (Å²) < 4.78 is 8.62. The highest BCUT2D eigenvalue weighted by Crippen LogP contribution is 2.62. The lowest BCUT2D eigenvalue weighted by Crippen LogP contribution is -2.22. The molecule has 7 rings (SSSR count). The molecule has 0 spiro atoms. The van der Waals surface area contributed by atoms with Crippen LogP contribution in [0.2, 0.25) is 0 Å². The third kappa shape index (κ3) is 2.57. The lowest BCUT2D eigenvalue weighted by molar-refractivity contribution is 0.364. The van der Waals surface area contributed by atoms with Crippen molar-refractivity contribution < 1.29 is 4.52 Å². The number of imidazole rings is 1. The van der Waals surface area contributed by atoms with Gasteiger partial charge in [-0.15, -0.1) is 0 Å². The van der Waals surface area contributed by atoms with E-state index in [1.165, 1.54) is 33.2 Å². The number of nitrogens with zero attached hydrogens (tertiary/aromatic N) is 7. The minimum atomic E-state index is -0.176. The van der Waals surface area contributed by atoms with E-state index in [1.54, 1.807) is 17.9 Å². The van der Waals surface area contributed by atoms with Crippen LogP contribution >= 0.6 is 0 Å². The Morgan fingerprint density at radius 2 is 2.12 bits per heavy atom. The number of fused-ring (bicyclic) bond motifs is 3. The predicted molar refractivity (Wildman–Crippen MR) is 116 cm³/mol. The normalized spacial score (nSPS) is 22.9. The fourth-order valence-corrected chi connectivity index (χ4v) is 5.12. The molecular weight excluding hydrogens is 406 g/mol. The highest BCUT2D eigenvalue weighted by atomic mass is 16.5. The molecule has 3 atom stereocenters. The average molecular weight is 425 g/mol. The molecule has 1 aliphatic heterocycles. The number of hydrogen-bond acceptors (Lipinski definition) is 7. The molecule has 32 heavy (non-hydrogen) atoms.